The highest BCUT2D eigenvalue weighted by atomic mass is 16.2. The minimum Gasteiger partial charge on any atom is -0.376 e. The Balaban J connectivity index is 1.56. The van der Waals surface area contributed by atoms with Crippen molar-refractivity contribution < 1.29 is 4.79 Å². The number of aryl methyl sites for hydroxylation is 1. The van der Waals surface area contributed by atoms with Gasteiger partial charge in [0.05, 0.1) is 6.54 Å². The molecule has 3 nitrogen and oxygen atoms in total. The van der Waals surface area contributed by atoms with Crippen molar-refractivity contribution in [2.24, 2.45) is 0 Å². The van der Waals surface area contributed by atoms with E-state index in [1.165, 1.54) is 16.7 Å². The Morgan fingerprint density at radius 1 is 1.09 bits per heavy atom. The molecule has 0 fully saturated rings. The second-order valence-electron chi connectivity index (χ2n) is 5.74. The first-order chi connectivity index (χ1) is 10.8. The number of benzene rings is 2. The number of hydrogen-bond acceptors (Lipinski definition) is 2. The topological polar surface area (TPSA) is 32.3 Å². The normalized spacial score (nSPS) is 13.6. The first-order valence-electron chi connectivity index (χ1n) is 7.93. The molecule has 0 saturated carbocycles. The van der Waals surface area contributed by atoms with Crippen LogP contribution in [0.4, 0.5) is 5.69 Å². The van der Waals surface area contributed by atoms with Crippen molar-refractivity contribution in [3.8, 4) is 0 Å². The molecule has 0 spiro atoms. The number of anilines is 1. The molecular weight excluding hydrogens is 272 g/mol. The minimum absolute atomic E-state index is 0.161. The smallest absolute Gasteiger partial charge is 0.242 e. The standard InChI is InChI=1S/C19H22N2O/c1-2-15-7-9-18(10-8-15)20-13-19(22)21-12-11-16-5-3-4-6-17(16)14-21/h3-10,20H,2,11-14H2,1H3. The highest BCUT2D eigenvalue weighted by molar-refractivity contribution is 5.81. The fraction of sp³-hybridized carbons (Fsp3) is 0.316. The fourth-order valence-electron chi connectivity index (χ4n) is 2.86. The largest absolute Gasteiger partial charge is 0.376 e. The van der Waals surface area contributed by atoms with Gasteiger partial charge in [0.1, 0.15) is 0 Å². The van der Waals surface area contributed by atoms with Gasteiger partial charge in [0.2, 0.25) is 5.91 Å². The summed E-state index contributed by atoms with van der Waals surface area (Å²) in [6.45, 7) is 4.03. The molecule has 1 heterocycles. The third-order valence-electron chi connectivity index (χ3n) is 4.29. The van der Waals surface area contributed by atoms with Crippen LogP contribution in [0, 0.1) is 0 Å². The summed E-state index contributed by atoms with van der Waals surface area (Å²) in [7, 11) is 0. The maximum atomic E-state index is 12.4. The summed E-state index contributed by atoms with van der Waals surface area (Å²) in [6, 6.07) is 16.7. The van der Waals surface area contributed by atoms with Gasteiger partial charge in [-0.3, -0.25) is 4.79 Å². The Morgan fingerprint density at radius 2 is 1.82 bits per heavy atom. The second kappa shape index (κ2) is 6.65. The van der Waals surface area contributed by atoms with Crippen LogP contribution < -0.4 is 5.32 Å². The molecule has 22 heavy (non-hydrogen) atoms. The van der Waals surface area contributed by atoms with Crippen molar-refractivity contribution in [1.82, 2.24) is 4.90 Å². The minimum atomic E-state index is 0.161. The SMILES string of the molecule is CCc1ccc(NCC(=O)N2CCc3ccccc3C2)cc1. The molecule has 1 N–H and O–H groups in total. The van der Waals surface area contributed by atoms with Crippen molar-refractivity contribution in [2.45, 2.75) is 26.3 Å². The predicted octanol–water partition coefficient (Wildman–Crippen LogP) is 3.25. The molecule has 2 aromatic rings. The van der Waals surface area contributed by atoms with E-state index in [1.807, 2.05) is 23.1 Å². The highest BCUT2D eigenvalue weighted by Crippen LogP contribution is 2.18. The van der Waals surface area contributed by atoms with Crippen molar-refractivity contribution in [3.63, 3.8) is 0 Å². The van der Waals surface area contributed by atoms with Crippen LogP contribution in [-0.4, -0.2) is 23.9 Å². The summed E-state index contributed by atoms with van der Waals surface area (Å²) in [6.07, 6.45) is 1.99. The summed E-state index contributed by atoms with van der Waals surface area (Å²) in [5.74, 6) is 0.161. The van der Waals surface area contributed by atoms with E-state index < -0.39 is 0 Å². The number of nitrogens with zero attached hydrogens (tertiary/aromatic N) is 1. The van der Waals surface area contributed by atoms with Gasteiger partial charge in [-0.15, -0.1) is 0 Å². The van der Waals surface area contributed by atoms with Crippen molar-refractivity contribution in [3.05, 3.63) is 65.2 Å². The Kier molecular flexibility index (Phi) is 4.42. The number of rotatable bonds is 4. The van der Waals surface area contributed by atoms with Crippen LogP contribution in [0.5, 0.6) is 0 Å². The average Bonchev–Trinajstić information content (AvgIpc) is 2.59. The van der Waals surface area contributed by atoms with Crippen molar-refractivity contribution in [2.75, 3.05) is 18.4 Å². The van der Waals surface area contributed by atoms with Crippen molar-refractivity contribution >= 4 is 11.6 Å². The molecule has 0 bridgehead atoms. The van der Waals surface area contributed by atoms with E-state index >= 15 is 0 Å². The molecule has 1 aliphatic heterocycles. The molecule has 0 aromatic heterocycles. The molecular formula is C19H22N2O. The molecule has 114 valence electrons. The predicted molar refractivity (Wildman–Crippen MR) is 89.9 cm³/mol. The van der Waals surface area contributed by atoms with Crippen LogP contribution in [-0.2, 0) is 24.2 Å². The number of carbonyl (C=O) groups is 1. The average molecular weight is 294 g/mol. The van der Waals surface area contributed by atoms with Gasteiger partial charge in [0.25, 0.3) is 0 Å². The summed E-state index contributed by atoms with van der Waals surface area (Å²) in [4.78, 5) is 14.3. The first kappa shape index (κ1) is 14.6. The Bertz CT molecular complexity index is 649. The molecule has 0 radical (unpaired) electrons. The van der Waals surface area contributed by atoms with Gasteiger partial charge in [0.15, 0.2) is 0 Å². The van der Waals surface area contributed by atoms with E-state index in [4.69, 9.17) is 0 Å². The maximum absolute atomic E-state index is 12.4. The van der Waals surface area contributed by atoms with Crippen LogP contribution in [0.2, 0.25) is 0 Å². The molecule has 0 aliphatic carbocycles. The van der Waals surface area contributed by atoms with E-state index in [-0.39, 0.29) is 5.91 Å². The Labute approximate surface area is 132 Å². The van der Waals surface area contributed by atoms with Crippen LogP contribution in [0.3, 0.4) is 0 Å². The third kappa shape index (κ3) is 3.30. The van der Waals surface area contributed by atoms with Crippen molar-refractivity contribution in [1.29, 1.82) is 0 Å². The molecule has 3 rings (SSSR count). The first-order valence-corrected chi connectivity index (χ1v) is 7.93. The van der Waals surface area contributed by atoms with E-state index in [1.54, 1.807) is 0 Å². The summed E-state index contributed by atoms with van der Waals surface area (Å²) < 4.78 is 0. The summed E-state index contributed by atoms with van der Waals surface area (Å²) in [5, 5.41) is 3.23. The Morgan fingerprint density at radius 3 is 2.55 bits per heavy atom. The lowest BCUT2D eigenvalue weighted by Gasteiger charge is -2.29. The molecule has 0 saturated heterocycles. The number of hydrogen-bond donors (Lipinski definition) is 1. The van der Waals surface area contributed by atoms with E-state index in [2.05, 4.69) is 42.6 Å². The highest BCUT2D eigenvalue weighted by Gasteiger charge is 2.19. The molecule has 1 aliphatic rings. The molecule has 0 atom stereocenters. The van der Waals surface area contributed by atoms with Gasteiger partial charge in [-0.05, 0) is 41.7 Å². The molecule has 2 aromatic carbocycles. The summed E-state index contributed by atoms with van der Waals surface area (Å²) in [5.41, 5.74) is 4.96. The zero-order valence-electron chi connectivity index (χ0n) is 13.0. The fourth-order valence-corrected chi connectivity index (χ4v) is 2.86. The van der Waals surface area contributed by atoms with Gasteiger partial charge in [-0.2, -0.15) is 0 Å². The molecule has 3 heteroatoms. The number of fused-ring (bicyclic) bond motifs is 1. The number of carbonyl (C=O) groups excluding carboxylic acids is 1. The zero-order chi connectivity index (χ0) is 15.4. The van der Waals surface area contributed by atoms with Crippen LogP contribution in [0.25, 0.3) is 0 Å². The monoisotopic (exact) mass is 294 g/mol. The van der Waals surface area contributed by atoms with Gasteiger partial charge in [-0.25, -0.2) is 0 Å². The molecule has 0 unspecified atom stereocenters. The van der Waals surface area contributed by atoms with Crippen LogP contribution in [0.15, 0.2) is 48.5 Å². The lowest BCUT2D eigenvalue weighted by molar-refractivity contribution is -0.130. The zero-order valence-corrected chi connectivity index (χ0v) is 13.0. The lowest BCUT2D eigenvalue weighted by atomic mass is 10.00. The van der Waals surface area contributed by atoms with Gasteiger partial charge in [-0.1, -0.05) is 43.3 Å². The third-order valence-corrected chi connectivity index (χ3v) is 4.29. The Hall–Kier alpha value is -2.29. The van der Waals surface area contributed by atoms with E-state index in [0.717, 1.165) is 31.6 Å². The number of amides is 1. The molecule has 1 amide bonds. The van der Waals surface area contributed by atoms with Crippen LogP contribution in [0.1, 0.15) is 23.6 Å². The van der Waals surface area contributed by atoms with E-state index in [0.29, 0.717) is 6.54 Å². The van der Waals surface area contributed by atoms with Gasteiger partial charge < -0.3 is 10.2 Å². The van der Waals surface area contributed by atoms with Gasteiger partial charge in [0, 0.05) is 18.8 Å². The summed E-state index contributed by atoms with van der Waals surface area (Å²) >= 11 is 0. The second-order valence-corrected chi connectivity index (χ2v) is 5.74. The van der Waals surface area contributed by atoms with Crippen LogP contribution >= 0.6 is 0 Å². The quantitative estimate of drug-likeness (QED) is 0.939. The number of nitrogens with one attached hydrogen (secondary N) is 1. The van der Waals surface area contributed by atoms with E-state index in [9.17, 15) is 4.79 Å². The van der Waals surface area contributed by atoms with Gasteiger partial charge >= 0.3 is 0 Å². The maximum Gasteiger partial charge on any atom is 0.242 e. The lowest BCUT2D eigenvalue weighted by Crippen LogP contribution is -2.39.